The number of esters is 2. The van der Waals surface area contributed by atoms with Crippen molar-refractivity contribution in [3.8, 4) is 0 Å². The summed E-state index contributed by atoms with van der Waals surface area (Å²) < 4.78 is 10.5. The zero-order chi connectivity index (χ0) is 21.6. The minimum Gasteiger partial charge on any atom is -0.465 e. The topological polar surface area (TPSA) is 52.6 Å². The zero-order valence-electron chi connectivity index (χ0n) is 15.9. The summed E-state index contributed by atoms with van der Waals surface area (Å²) in [6.07, 6.45) is 0.0314. The summed E-state index contributed by atoms with van der Waals surface area (Å²) >= 11 is 24.2. The largest absolute Gasteiger partial charge is 0.465 e. The summed E-state index contributed by atoms with van der Waals surface area (Å²) in [7, 11) is 0. The second kappa shape index (κ2) is 10.5. The first-order chi connectivity index (χ1) is 13.7. The second-order valence-corrected chi connectivity index (χ2v) is 8.00. The van der Waals surface area contributed by atoms with Crippen LogP contribution < -0.4 is 0 Å². The Bertz CT molecular complexity index is 825. The molecule has 0 spiro atoms. The SMILES string of the molecule is CCOC(=O)C(Cc1ccc(Cl)c(Cl)c1)(Cc1ccc(Cl)c(Cl)c1)C(=O)OCC. The van der Waals surface area contributed by atoms with E-state index in [0.29, 0.717) is 31.2 Å². The van der Waals surface area contributed by atoms with Crippen molar-refractivity contribution in [1.82, 2.24) is 0 Å². The highest BCUT2D eigenvalue weighted by atomic mass is 35.5. The molecule has 0 unspecified atom stereocenters. The van der Waals surface area contributed by atoms with Crippen LogP contribution in [0.25, 0.3) is 0 Å². The fraction of sp³-hybridized carbons (Fsp3) is 0.333. The Morgan fingerprint density at radius 1 is 0.724 bits per heavy atom. The Morgan fingerprint density at radius 3 is 1.41 bits per heavy atom. The number of halogens is 4. The molecule has 0 bridgehead atoms. The third kappa shape index (κ3) is 5.79. The molecule has 2 rings (SSSR count). The van der Waals surface area contributed by atoms with Crippen molar-refractivity contribution in [1.29, 1.82) is 0 Å². The molecule has 0 aromatic heterocycles. The highest BCUT2D eigenvalue weighted by molar-refractivity contribution is 6.42. The quantitative estimate of drug-likeness (QED) is 0.335. The van der Waals surface area contributed by atoms with Gasteiger partial charge in [0.2, 0.25) is 0 Å². The highest BCUT2D eigenvalue weighted by Crippen LogP contribution is 2.35. The molecule has 0 atom stereocenters. The summed E-state index contributed by atoms with van der Waals surface area (Å²) in [6.45, 7) is 3.57. The molecule has 8 heteroatoms. The van der Waals surface area contributed by atoms with E-state index in [9.17, 15) is 9.59 Å². The standard InChI is InChI=1S/C21H20Cl4O4/c1-3-28-19(26)21(20(27)29-4-2,11-13-5-7-15(22)17(24)9-13)12-14-6-8-16(23)18(25)10-14/h5-10H,3-4,11-12H2,1-2H3. The van der Waals surface area contributed by atoms with E-state index >= 15 is 0 Å². The molecule has 0 aliphatic heterocycles. The van der Waals surface area contributed by atoms with E-state index < -0.39 is 17.4 Å². The number of benzene rings is 2. The first-order valence-electron chi connectivity index (χ1n) is 8.95. The van der Waals surface area contributed by atoms with Crippen LogP contribution in [-0.4, -0.2) is 25.2 Å². The van der Waals surface area contributed by atoms with Gasteiger partial charge in [-0.3, -0.25) is 9.59 Å². The normalized spacial score (nSPS) is 11.2. The lowest BCUT2D eigenvalue weighted by atomic mass is 9.76. The zero-order valence-corrected chi connectivity index (χ0v) is 19.0. The van der Waals surface area contributed by atoms with Crippen LogP contribution in [0.5, 0.6) is 0 Å². The van der Waals surface area contributed by atoms with E-state index in [1.54, 1.807) is 50.2 Å². The van der Waals surface area contributed by atoms with Gasteiger partial charge in [-0.25, -0.2) is 0 Å². The van der Waals surface area contributed by atoms with E-state index in [2.05, 4.69) is 0 Å². The van der Waals surface area contributed by atoms with Crippen molar-refractivity contribution in [2.45, 2.75) is 26.7 Å². The van der Waals surface area contributed by atoms with Crippen LogP contribution in [0.15, 0.2) is 36.4 Å². The Kier molecular flexibility index (Phi) is 8.65. The molecule has 0 amide bonds. The molecule has 2 aromatic carbocycles. The van der Waals surface area contributed by atoms with E-state index in [1.165, 1.54) is 0 Å². The Hall–Kier alpha value is -1.46. The van der Waals surface area contributed by atoms with Crippen LogP contribution >= 0.6 is 46.4 Å². The molecule has 4 nitrogen and oxygen atoms in total. The van der Waals surface area contributed by atoms with Gasteiger partial charge in [-0.05, 0) is 62.1 Å². The summed E-state index contributed by atoms with van der Waals surface area (Å²) in [5, 5.41) is 1.39. The number of hydrogen-bond acceptors (Lipinski definition) is 4. The summed E-state index contributed by atoms with van der Waals surface area (Å²) in [5.41, 5.74) is -0.346. The molecular weight excluding hydrogens is 458 g/mol. The summed E-state index contributed by atoms with van der Waals surface area (Å²) in [5.74, 6) is -1.37. The third-order valence-corrected chi connectivity index (χ3v) is 5.79. The number of ether oxygens (including phenoxy) is 2. The first kappa shape index (κ1) is 23.8. The maximum Gasteiger partial charge on any atom is 0.324 e. The van der Waals surface area contributed by atoms with Crippen molar-refractivity contribution >= 4 is 58.3 Å². The van der Waals surface area contributed by atoms with E-state index in [-0.39, 0.29) is 26.1 Å². The molecule has 0 saturated carbocycles. The Balaban J connectivity index is 2.57. The molecule has 0 N–H and O–H groups in total. The van der Waals surface area contributed by atoms with Gasteiger partial charge in [0, 0.05) is 0 Å². The van der Waals surface area contributed by atoms with Gasteiger partial charge in [-0.1, -0.05) is 58.5 Å². The lowest BCUT2D eigenvalue weighted by Crippen LogP contribution is -2.45. The maximum atomic E-state index is 13.1. The minimum atomic E-state index is -1.62. The number of carbonyl (C=O) groups is 2. The van der Waals surface area contributed by atoms with E-state index in [0.717, 1.165) is 0 Å². The Morgan fingerprint density at radius 2 is 1.10 bits per heavy atom. The predicted molar refractivity (Wildman–Crippen MR) is 116 cm³/mol. The van der Waals surface area contributed by atoms with Gasteiger partial charge >= 0.3 is 11.9 Å². The molecule has 29 heavy (non-hydrogen) atoms. The molecule has 0 heterocycles. The van der Waals surface area contributed by atoms with Crippen LogP contribution in [0.4, 0.5) is 0 Å². The van der Waals surface area contributed by atoms with E-state index in [4.69, 9.17) is 55.9 Å². The Labute approximate surface area is 190 Å². The van der Waals surface area contributed by atoms with Crippen molar-refractivity contribution in [2.75, 3.05) is 13.2 Å². The molecule has 0 aliphatic rings. The van der Waals surface area contributed by atoms with Crippen molar-refractivity contribution in [3.05, 3.63) is 67.6 Å². The van der Waals surface area contributed by atoms with Gasteiger partial charge in [0.15, 0.2) is 5.41 Å². The van der Waals surface area contributed by atoms with Gasteiger partial charge in [0.05, 0.1) is 33.3 Å². The second-order valence-electron chi connectivity index (χ2n) is 6.37. The molecule has 156 valence electrons. The molecule has 2 aromatic rings. The van der Waals surface area contributed by atoms with Gasteiger partial charge < -0.3 is 9.47 Å². The van der Waals surface area contributed by atoms with Crippen molar-refractivity contribution in [3.63, 3.8) is 0 Å². The monoisotopic (exact) mass is 476 g/mol. The lowest BCUT2D eigenvalue weighted by molar-refractivity contribution is -0.172. The fourth-order valence-corrected chi connectivity index (χ4v) is 3.61. The fourth-order valence-electron chi connectivity index (χ4n) is 2.97. The summed E-state index contributed by atoms with van der Waals surface area (Å²) in [6, 6.07) is 9.86. The minimum absolute atomic E-state index is 0.0157. The van der Waals surface area contributed by atoms with E-state index in [1.807, 2.05) is 0 Å². The number of carbonyl (C=O) groups excluding carboxylic acids is 2. The smallest absolute Gasteiger partial charge is 0.324 e. The highest BCUT2D eigenvalue weighted by Gasteiger charge is 2.49. The maximum absolute atomic E-state index is 13.1. The van der Waals surface area contributed by atoms with Crippen LogP contribution in [0.3, 0.4) is 0 Å². The van der Waals surface area contributed by atoms with Crippen LogP contribution in [0.2, 0.25) is 20.1 Å². The van der Waals surface area contributed by atoms with Gasteiger partial charge in [-0.15, -0.1) is 0 Å². The molecule has 0 fully saturated rings. The predicted octanol–water partition coefficient (Wildman–Crippen LogP) is 6.20. The number of rotatable bonds is 8. The van der Waals surface area contributed by atoms with Crippen molar-refractivity contribution < 1.29 is 19.1 Å². The third-order valence-electron chi connectivity index (χ3n) is 4.31. The van der Waals surface area contributed by atoms with Gasteiger partial charge in [0.1, 0.15) is 0 Å². The van der Waals surface area contributed by atoms with Crippen LogP contribution in [0.1, 0.15) is 25.0 Å². The summed E-state index contributed by atoms with van der Waals surface area (Å²) in [4.78, 5) is 26.1. The molecule has 0 aliphatic carbocycles. The van der Waals surface area contributed by atoms with Crippen LogP contribution in [-0.2, 0) is 31.9 Å². The first-order valence-corrected chi connectivity index (χ1v) is 10.5. The average molecular weight is 478 g/mol. The van der Waals surface area contributed by atoms with Gasteiger partial charge in [0.25, 0.3) is 0 Å². The number of hydrogen-bond donors (Lipinski definition) is 0. The lowest BCUT2D eigenvalue weighted by Gasteiger charge is -2.29. The molecular formula is C21H20Cl4O4. The molecule has 0 saturated heterocycles. The molecule has 0 radical (unpaired) electrons. The van der Waals surface area contributed by atoms with Crippen molar-refractivity contribution in [2.24, 2.45) is 5.41 Å². The van der Waals surface area contributed by atoms with Gasteiger partial charge in [-0.2, -0.15) is 0 Å². The average Bonchev–Trinajstić information content (AvgIpc) is 2.67. The van der Waals surface area contributed by atoms with Crippen LogP contribution in [0, 0.1) is 5.41 Å².